The highest BCUT2D eigenvalue weighted by molar-refractivity contribution is 4.69. The molecule has 1 aliphatic carbocycles. The van der Waals surface area contributed by atoms with Gasteiger partial charge in [0.25, 0.3) is 0 Å². The fourth-order valence-corrected chi connectivity index (χ4v) is 1.26. The van der Waals surface area contributed by atoms with Crippen LogP contribution in [0.2, 0.25) is 0 Å². The summed E-state index contributed by atoms with van der Waals surface area (Å²) in [4.78, 5) is 0. The van der Waals surface area contributed by atoms with Crippen LogP contribution in [0, 0.1) is 5.92 Å². The first-order chi connectivity index (χ1) is 5.43. The Hall–Kier alpha value is -0.0400. The predicted octanol–water partition coefficient (Wildman–Crippen LogP) is 2.81. The monoisotopic (exact) mass is 157 g/mol. The van der Waals surface area contributed by atoms with E-state index >= 15 is 0 Å². The van der Waals surface area contributed by atoms with Crippen molar-refractivity contribution in [2.75, 3.05) is 13.1 Å². The quantitative estimate of drug-likeness (QED) is 0.619. The van der Waals surface area contributed by atoms with Gasteiger partial charge in [0.15, 0.2) is 0 Å². The summed E-state index contributed by atoms with van der Waals surface area (Å²) in [6.45, 7) is 8.54. The fourth-order valence-electron chi connectivity index (χ4n) is 1.26. The summed E-state index contributed by atoms with van der Waals surface area (Å²) in [7, 11) is 0. The molecule has 0 spiro atoms. The first-order valence-corrected chi connectivity index (χ1v) is 5.14. The van der Waals surface area contributed by atoms with Gasteiger partial charge in [0.05, 0.1) is 0 Å². The summed E-state index contributed by atoms with van der Waals surface area (Å²) in [6, 6.07) is 0. The Balaban J connectivity index is 0.000000461. The van der Waals surface area contributed by atoms with Crippen LogP contribution < -0.4 is 5.32 Å². The topological polar surface area (TPSA) is 12.0 Å². The average Bonchev–Trinajstić information content (AvgIpc) is 1.99. The molecule has 0 atom stereocenters. The van der Waals surface area contributed by atoms with Crippen molar-refractivity contribution >= 4 is 0 Å². The van der Waals surface area contributed by atoms with E-state index in [2.05, 4.69) is 12.2 Å². The van der Waals surface area contributed by atoms with E-state index in [0.717, 1.165) is 12.5 Å². The zero-order valence-corrected chi connectivity index (χ0v) is 8.32. The molecule has 0 aliphatic heterocycles. The Bertz CT molecular complexity index is 67.3. The highest BCUT2D eigenvalue weighted by Crippen LogP contribution is 2.28. The normalized spacial score (nSPS) is 16.6. The average molecular weight is 157 g/mol. The van der Waals surface area contributed by atoms with Crippen LogP contribution in [0.3, 0.4) is 0 Å². The van der Waals surface area contributed by atoms with Crippen molar-refractivity contribution in [2.24, 2.45) is 5.92 Å². The van der Waals surface area contributed by atoms with E-state index in [0.29, 0.717) is 0 Å². The molecule has 0 radical (unpaired) electrons. The first kappa shape index (κ1) is 11.0. The van der Waals surface area contributed by atoms with Crippen molar-refractivity contribution in [1.82, 2.24) is 5.32 Å². The first-order valence-electron chi connectivity index (χ1n) is 5.14. The Morgan fingerprint density at radius 1 is 1.27 bits per heavy atom. The van der Waals surface area contributed by atoms with Crippen molar-refractivity contribution in [3.63, 3.8) is 0 Å². The fraction of sp³-hybridized carbons (Fsp3) is 1.00. The van der Waals surface area contributed by atoms with Crippen LogP contribution in [0.15, 0.2) is 0 Å². The Morgan fingerprint density at radius 2 is 1.91 bits per heavy atom. The largest absolute Gasteiger partial charge is 0.317 e. The van der Waals surface area contributed by atoms with Gasteiger partial charge in [-0.25, -0.2) is 0 Å². The molecule has 1 aliphatic rings. The molecule has 0 heterocycles. The molecule has 1 heteroatoms. The van der Waals surface area contributed by atoms with E-state index in [-0.39, 0.29) is 0 Å². The van der Waals surface area contributed by atoms with Crippen molar-refractivity contribution < 1.29 is 0 Å². The molecule has 0 aromatic rings. The zero-order chi connectivity index (χ0) is 8.53. The van der Waals surface area contributed by atoms with Gasteiger partial charge in [-0.2, -0.15) is 0 Å². The molecule has 0 bridgehead atoms. The van der Waals surface area contributed by atoms with Crippen molar-refractivity contribution in [3.8, 4) is 0 Å². The number of rotatable bonds is 4. The van der Waals surface area contributed by atoms with Gasteiger partial charge in [0.1, 0.15) is 0 Å². The van der Waals surface area contributed by atoms with Crippen LogP contribution in [0.25, 0.3) is 0 Å². The van der Waals surface area contributed by atoms with Crippen LogP contribution >= 0.6 is 0 Å². The van der Waals surface area contributed by atoms with Crippen molar-refractivity contribution in [1.29, 1.82) is 0 Å². The van der Waals surface area contributed by atoms with Gasteiger partial charge in [-0.15, -0.1) is 0 Å². The van der Waals surface area contributed by atoms with Crippen LogP contribution in [-0.4, -0.2) is 13.1 Å². The molecule has 0 aromatic heterocycles. The van der Waals surface area contributed by atoms with Crippen LogP contribution in [0.4, 0.5) is 0 Å². The minimum absolute atomic E-state index is 1.07. The number of hydrogen-bond acceptors (Lipinski definition) is 1. The lowest BCUT2D eigenvalue weighted by Gasteiger charge is -2.24. The highest BCUT2D eigenvalue weighted by Gasteiger charge is 2.15. The third-order valence-corrected chi connectivity index (χ3v) is 2.20. The molecule has 11 heavy (non-hydrogen) atoms. The molecule has 0 amide bonds. The third kappa shape index (κ3) is 5.25. The lowest BCUT2D eigenvalue weighted by molar-refractivity contribution is 0.293. The summed E-state index contributed by atoms with van der Waals surface area (Å²) < 4.78 is 0. The lowest BCUT2D eigenvalue weighted by atomic mass is 9.83. The van der Waals surface area contributed by atoms with Gasteiger partial charge in [-0.05, 0) is 25.4 Å². The standard InChI is InChI=1S/C8H17N.C2H6/c1-2-9-7-6-8-4-3-5-8;1-2/h8-9H,2-7H2,1H3;1-2H3. The molecule has 68 valence electrons. The summed E-state index contributed by atoms with van der Waals surface area (Å²) in [5.74, 6) is 1.07. The Morgan fingerprint density at radius 3 is 2.27 bits per heavy atom. The van der Waals surface area contributed by atoms with Gasteiger partial charge < -0.3 is 5.32 Å². The van der Waals surface area contributed by atoms with E-state index in [1.807, 2.05) is 13.8 Å². The summed E-state index contributed by atoms with van der Waals surface area (Å²) in [5.41, 5.74) is 0. The highest BCUT2D eigenvalue weighted by atomic mass is 14.8. The SMILES string of the molecule is CC.CCNCCC1CCC1. The van der Waals surface area contributed by atoms with E-state index in [9.17, 15) is 0 Å². The van der Waals surface area contributed by atoms with Crippen LogP contribution in [0.1, 0.15) is 46.5 Å². The molecular formula is C10H23N. The lowest BCUT2D eigenvalue weighted by Crippen LogP contribution is -2.20. The third-order valence-electron chi connectivity index (χ3n) is 2.20. The maximum absolute atomic E-state index is 3.35. The predicted molar refractivity (Wildman–Crippen MR) is 51.8 cm³/mol. The van der Waals surface area contributed by atoms with E-state index < -0.39 is 0 Å². The Kier molecular flexibility index (Phi) is 8.03. The van der Waals surface area contributed by atoms with Gasteiger partial charge in [-0.1, -0.05) is 40.0 Å². The summed E-state index contributed by atoms with van der Waals surface area (Å²) in [5, 5.41) is 3.35. The maximum Gasteiger partial charge on any atom is -0.00464 e. The van der Waals surface area contributed by atoms with E-state index in [1.54, 1.807) is 0 Å². The van der Waals surface area contributed by atoms with Crippen LogP contribution in [-0.2, 0) is 0 Å². The molecular weight excluding hydrogens is 134 g/mol. The van der Waals surface area contributed by atoms with Gasteiger partial charge >= 0.3 is 0 Å². The molecule has 0 aromatic carbocycles. The second kappa shape index (κ2) is 8.06. The second-order valence-electron chi connectivity index (χ2n) is 2.94. The maximum atomic E-state index is 3.35. The molecule has 1 N–H and O–H groups in total. The van der Waals surface area contributed by atoms with Gasteiger partial charge in [0.2, 0.25) is 0 Å². The smallest absolute Gasteiger partial charge is 0.00464 e. The molecule has 1 nitrogen and oxygen atoms in total. The van der Waals surface area contributed by atoms with Gasteiger partial charge in [-0.3, -0.25) is 0 Å². The summed E-state index contributed by atoms with van der Waals surface area (Å²) >= 11 is 0. The Labute approximate surface area is 71.6 Å². The molecule has 0 saturated heterocycles. The van der Waals surface area contributed by atoms with E-state index in [1.165, 1.54) is 32.2 Å². The number of nitrogens with one attached hydrogen (secondary N) is 1. The molecule has 1 saturated carbocycles. The number of hydrogen-bond donors (Lipinski definition) is 1. The van der Waals surface area contributed by atoms with Crippen LogP contribution in [0.5, 0.6) is 0 Å². The molecule has 0 unspecified atom stereocenters. The molecule has 1 fully saturated rings. The van der Waals surface area contributed by atoms with E-state index in [4.69, 9.17) is 0 Å². The zero-order valence-electron chi connectivity index (χ0n) is 8.32. The van der Waals surface area contributed by atoms with Crippen molar-refractivity contribution in [3.05, 3.63) is 0 Å². The minimum Gasteiger partial charge on any atom is -0.317 e. The molecule has 1 rings (SSSR count). The van der Waals surface area contributed by atoms with Crippen molar-refractivity contribution in [2.45, 2.75) is 46.5 Å². The second-order valence-corrected chi connectivity index (χ2v) is 2.94. The minimum atomic E-state index is 1.07. The summed E-state index contributed by atoms with van der Waals surface area (Å²) in [6.07, 6.45) is 5.88. The van der Waals surface area contributed by atoms with Gasteiger partial charge in [0, 0.05) is 0 Å².